The van der Waals surface area contributed by atoms with Crippen molar-refractivity contribution in [2.75, 3.05) is 7.11 Å². The molecule has 0 amide bonds. The van der Waals surface area contributed by atoms with Crippen molar-refractivity contribution in [3.05, 3.63) is 75.8 Å². The van der Waals surface area contributed by atoms with Crippen LogP contribution in [0.5, 0.6) is 5.75 Å². The summed E-state index contributed by atoms with van der Waals surface area (Å²) in [5, 5.41) is 0.766. The van der Waals surface area contributed by atoms with Crippen LogP contribution in [0.4, 0.5) is 4.39 Å². The van der Waals surface area contributed by atoms with E-state index in [2.05, 4.69) is 4.98 Å². The molecule has 1 aromatic heterocycles. The van der Waals surface area contributed by atoms with Gasteiger partial charge in [-0.15, -0.1) is 0 Å². The van der Waals surface area contributed by atoms with E-state index in [9.17, 15) is 14.0 Å². The fourth-order valence-corrected chi connectivity index (χ4v) is 2.28. The van der Waals surface area contributed by atoms with E-state index >= 15 is 0 Å². The van der Waals surface area contributed by atoms with Crippen molar-refractivity contribution < 1.29 is 18.7 Å². The zero-order valence-corrected chi connectivity index (χ0v) is 12.8. The van der Waals surface area contributed by atoms with Crippen LogP contribution in [0.1, 0.15) is 15.9 Å². The van der Waals surface area contributed by atoms with E-state index in [0.717, 1.165) is 5.39 Å². The molecule has 0 unspecified atom stereocenters. The lowest BCUT2D eigenvalue weighted by molar-refractivity contribution is 0.0471. The van der Waals surface area contributed by atoms with Crippen molar-refractivity contribution >= 4 is 16.9 Å². The van der Waals surface area contributed by atoms with E-state index in [1.54, 1.807) is 31.4 Å². The van der Waals surface area contributed by atoms with E-state index in [0.29, 0.717) is 16.8 Å². The van der Waals surface area contributed by atoms with Gasteiger partial charge < -0.3 is 14.5 Å². The zero-order valence-electron chi connectivity index (χ0n) is 12.8. The number of H-pyrrole nitrogens is 1. The molecule has 0 fully saturated rings. The molecule has 0 aliphatic carbocycles. The van der Waals surface area contributed by atoms with Gasteiger partial charge in [0, 0.05) is 10.9 Å². The van der Waals surface area contributed by atoms with Crippen LogP contribution in [0.2, 0.25) is 0 Å². The number of fused-ring (bicyclic) bond motifs is 1. The van der Waals surface area contributed by atoms with Crippen LogP contribution in [0.25, 0.3) is 10.9 Å². The fourth-order valence-electron chi connectivity index (χ4n) is 2.28. The first kappa shape index (κ1) is 15.7. The van der Waals surface area contributed by atoms with Crippen molar-refractivity contribution in [3.63, 3.8) is 0 Å². The highest BCUT2D eigenvalue weighted by atomic mass is 19.1. The monoisotopic (exact) mass is 327 g/mol. The molecule has 5 nitrogen and oxygen atoms in total. The molecule has 2 aromatic carbocycles. The summed E-state index contributed by atoms with van der Waals surface area (Å²) in [6, 6.07) is 11.9. The van der Waals surface area contributed by atoms with E-state index in [1.807, 2.05) is 0 Å². The number of nitrogens with one attached hydrogen (secondary N) is 1. The molecular weight excluding hydrogens is 313 g/mol. The second kappa shape index (κ2) is 6.54. The van der Waals surface area contributed by atoms with Crippen LogP contribution in [0.3, 0.4) is 0 Å². The van der Waals surface area contributed by atoms with E-state index in [-0.39, 0.29) is 17.7 Å². The quantitative estimate of drug-likeness (QED) is 0.748. The molecule has 122 valence electrons. The minimum absolute atomic E-state index is 0.182. The molecule has 0 saturated heterocycles. The highest BCUT2D eigenvalue weighted by molar-refractivity contribution is 5.89. The molecule has 0 saturated carbocycles. The van der Waals surface area contributed by atoms with E-state index in [1.165, 1.54) is 24.3 Å². The summed E-state index contributed by atoms with van der Waals surface area (Å²) in [4.78, 5) is 26.7. The Bertz CT molecular complexity index is 947. The highest BCUT2D eigenvalue weighted by Crippen LogP contribution is 2.19. The molecule has 3 aromatic rings. The summed E-state index contributed by atoms with van der Waals surface area (Å²) < 4.78 is 23.1. The number of hydrogen-bond donors (Lipinski definition) is 1. The topological polar surface area (TPSA) is 68.4 Å². The van der Waals surface area contributed by atoms with Crippen molar-refractivity contribution in [1.82, 2.24) is 4.98 Å². The van der Waals surface area contributed by atoms with Crippen molar-refractivity contribution in [1.29, 1.82) is 0 Å². The Balaban J connectivity index is 1.81. The van der Waals surface area contributed by atoms with Gasteiger partial charge in [-0.1, -0.05) is 0 Å². The van der Waals surface area contributed by atoms with Gasteiger partial charge >= 0.3 is 5.97 Å². The number of carbonyl (C=O) groups excluding carboxylic acids is 1. The number of rotatable bonds is 4. The Morgan fingerprint density at radius 2 is 1.88 bits per heavy atom. The summed E-state index contributed by atoms with van der Waals surface area (Å²) in [6.45, 7) is -0.182. The molecule has 3 rings (SSSR count). The molecule has 1 N–H and O–H groups in total. The number of esters is 1. The van der Waals surface area contributed by atoms with Crippen molar-refractivity contribution in [3.8, 4) is 5.75 Å². The molecule has 0 aliphatic heterocycles. The number of ether oxygens (including phenoxy) is 2. The summed E-state index contributed by atoms with van der Waals surface area (Å²) in [6.07, 6.45) is 0. The van der Waals surface area contributed by atoms with Gasteiger partial charge in [0.05, 0.1) is 18.2 Å². The molecule has 0 radical (unpaired) electrons. The molecule has 0 spiro atoms. The average Bonchev–Trinajstić information content (AvgIpc) is 2.60. The molecule has 0 bridgehead atoms. The van der Waals surface area contributed by atoms with Gasteiger partial charge in [0.25, 0.3) is 5.56 Å². The highest BCUT2D eigenvalue weighted by Gasteiger charge is 2.10. The number of carbonyl (C=O) groups is 1. The first-order chi connectivity index (χ1) is 11.6. The van der Waals surface area contributed by atoms with Crippen molar-refractivity contribution in [2.45, 2.75) is 6.61 Å². The van der Waals surface area contributed by atoms with Gasteiger partial charge in [-0.3, -0.25) is 4.79 Å². The average molecular weight is 327 g/mol. The number of hydrogen-bond acceptors (Lipinski definition) is 4. The number of benzene rings is 2. The normalized spacial score (nSPS) is 10.6. The smallest absolute Gasteiger partial charge is 0.338 e. The third-order valence-corrected chi connectivity index (χ3v) is 3.57. The molecule has 6 heteroatoms. The Hall–Kier alpha value is -3.15. The molecule has 0 atom stereocenters. The van der Waals surface area contributed by atoms with Gasteiger partial charge in [0.2, 0.25) is 0 Å². The summed E-state index contributed by atoms with van der Waals surface area (Å²) in [5.74, 6) is -0.407. The lowest BCUT2D eigenvalue weighted by Gasteiger charge is -2.07. The predicted octanol–water partition coefficient (Wildman–Crippen LogP) is 3.03. The van der Waals surface area contributed by atoms with E-state index in [4.69, 9.17) is 9.47 Å². The van der Waals surface area contributed by atoms with Gasteiger partial charge in [0.15, 0.2) is 0 Å². The second-order valence-electron chi connectivity index (χ2n) is 5.16. The summed E-state index contributed by atoms with van der Waals surface area (Å²) >= 11 is 0. The van der Waals surface area contributed by atoms with Gasteiger partial charge in [-0.25, -0.2) is 9.18 Å². The maximum atomic E-state index is 12.9. The van der Waals surface area contributed by atoms with Crippen LogP contribution in [0, 0.1) is 5.82 Å². The van der Waals surface area contributed by atoms with E-state index < -0.39 is 11.8 Å². The Labute approximate surface area is 136 Å². The first-order valence-electron chi connectivity index (χ1n) is 7.19. The Morgan fingerprint density at radius 3 is 2.58 bits per heavy atom. The number of aromatic amines is 1. The summed E-state index contributed by atoms with van der Waals surface area (Å²) in [7, 11) is 1.55. The number of aromatic nitrogens is 1. The third-order valence-electron chi connectivity index (χ3n) is 3.57. The molecule has 0 aliphatic rings. The first-order valence-corrected chi connectivity index (χ1v) is 7.19. The number of methoxy groups -OCH3 is 1. The predicted molar refractivity (Wildman–Crippen MR) is 86.6 cm³/mol. The molecular formula is C18H14FNO4. The lowest BCUT2D eigenvalue weighted by Crippen LogP contribution is -2.15. The zero-order chi connectivity index (χ0) is 17.1. The van der Waals surface area contributed by atoms with Gasteiger partial charge in [-0.05, 0) is 48.5 Å². The Morgan fingerprint density at radius 1 is 1.12 bits per heavy atom. The van der Waals surface area contributed by atoms with Crippen molar-refractivity contribution in [2.24, 2.45) is 0 Å². The third kappa shape index (κ3) is 3.27. The second-order valence-corrected chi connectivity index (χ2v) is 5.16. The van der Waals surface area contributed by atoms with Crippen LogP contribution in [-0.4, -0.2) is 18.1 Å². The standard InChI is InChI=1S/C18H14FNO4/c1-23-15-6-7-16-12(9-15)8-13(17(21)20-16)10-24-18(22)11-2-4-14(19)5-3-11/h2-9H,10H2,1H3,(H,20,21). The van der Waals surface area contributed by atoms with Gasteiger partial charge in [0.1, 0.15) is 18.2 Å². The molecule has 24 heavy (non-hydrogen) atoms. The lowest BCUT2D eigenvalue weighted by atomic mass is 10.1. The minimum Gasteiger partial charge on any atom is -0.497 e. The summed E-state index contributed by atoms with van der Waals surface area (Å²) in [5.41, 5.74) is 0.857. The maximum Gasteiger partial charge on any atom is 0.338 e. The largest absolute Gasteiger partial charge is 0.497 e. The number of pyridine rings is 1. The maximum absolute atomic E-state index is 12.9. The SMILES string of the molecule is COc1ccc2[nH]c(=O)c(COC(=O)c3ccc(F)cc3)cc2c1. The minimum atomic E-state index is -0.625. The van der Waals surface area contributed by atoms with Gasteiger partial charge in [-0.2, -0.15) is 0 Å². The van der Waals surface area contributed by atoms with Crippen LogP contribution < -0.4 is 10.3 Å². The Kier molecular flexibility index (Phi) is 4.29. The number of halogens is 1. The van der Waals surface area contributed by atoms with Crippen LogP contribution >= 0.6 is 0 Å². The fraction of sp³-hybridized carbons (Fsp3) is 0.111. The van der Waals surface area contributed by atoms with Crippen LogP contribution in [0.15, 0.2) is 53.3 Å². The molecule has 1 heterocycles. The van der Waals surface area contributed by atoms with Crippen LogP contribution in [-0.2, 0) is 11.3 Å².